The van der Waals surface area contributed by atoms with Crippen LogP contribution in [-0.4, -0.2) is 20.7 Å². The van der Waals surface area contributed by atoms with E-state index in [0.29, 0.717) is 13.0 Å². The maximum atomic E-state index is 11.2. The van der Waals surface area contributed by atoms with Gasteiger partial charge >= 0.3 is 5.97 Å². The Bertz CT molecular complexity index is 363. The summed E-state index contributed by atoms with van der Waals surface area (Å²) in [6.45, 7) is 9.30. The Morgan fingerprint density at radius 3 is 2.24 bits per heavy atom. The number of hydrogen-bond acceptors (Lipinski definition) is 2. The van der Waals surface area contributed by atoms with Crippen LogP contribution in [0.5, 0.6) is 0 Å². The standard InChI is InChI=1S/C14H22O2Si/c1-5-16-14(15)11-8-12-6-9-13(10-7-12)17(2,3)4/h6-7,9-10H,5,8,11H2,1-4H3. The lowest BCUT2D eigenvalue weighted by Gasteiger charge is -2.16. The normalized spacial score (nSPS) is 11.3. The fourth-order valence-electron chi connectivity index (χ4n) is 1.65. The number of esters is 1. The summed E-state index contributed by atoms with van der Waals surface area (Å²) < 4.78 is 4.91. The first-order chi connectivity index (χ1) is 7.93. The molecule has 17 heavy (non-hydrogen) atoms. The van der Waals surface area contributed by atoms with Crippen LogP contribution in [0.2, 0.25) is 19.6 Å². The van der Waals surface area contributed by atoms with Crippen molar-refractivity contribution in [2.45, 2.75) is 39.4 Å². The third-order valence-electron chi connectivity index (χ3n) is 2.74. The van der Waals surface area contributed by atoms with E-state index in [-0.39, 0.29) is 5.97 Å². The summed E-state index contributed by atoms with van der Waals surface area (Å²) in [5.41, 5.74) is 1.21. The first-order valence-corrected chi connectivity index (χ1v) is 9.68. The molecule has 0 heterocycles. The molecule has 94 valence electrons. The number of carbonyl (C=O) groups excluding carboxylic acids is 1. The smallest absolute Gasteiger partial charge is 0.306 e. The summed E-state index contributed by atoms with van der Waals surface area (Å²) in [5.74, 6) is -0.109. The van der Waals surface area contributed by atoms with E-state index in [0.717, 1.165) is 6.42 Å². The third-order valence-corrected chi connectivity index (χ3v) is 4.81. The highest BCUT2D eigenvalue weighted by Gasteiger charge is 2.15. The van der Waals surface area contributed by atoms with Crippen molar-refractivity contribution >= 4 is 19.2 Å². The fourth-order valence-corrected chi connectivity index (χ4v) is 2.82. The molecule has 1 aromatic rings. The highest BCUT2D eigenvalue weighted by atomic mass is 28.3. The molecule has 1 rings (SSSR count). The molecule has 0 spiro atoms. The van der Waals surface area contributed by atoms with Crippen LogP contribution in [0.1, 0.15) is 18.9 Å². The zero-order valence-electron chi connectivity index (χ0n) is 11.2. The Hall–Kier alpha value is -1.09. The maximum absolute atomic E-state index is 11.2. The van der Waals surface area contributed by atoms with E-state index in [1.54, 1.807) is 0 Å². The van der Waals surface area contributed by atoms with Crippen molar-refractivity contribution in [1.82, 2.24) is 0 Å². The number of rotatable bonds is 5. The van der Waals surface area contributed by atoms with Crippen LogP contribution in [0.4, 0.5) is 0 Å². The molecule has 0 N–H and O–H groups in total. The minimum atomic E-state index is -1.21. The summed E-state index contributed by atoms with van der Waals surface area (Å²) in [5, 5.41) is 1.46. The van der Waals surface area contributed by atoms with E-state index >= 15 is 0 Å². The van der Waals surface area contributed by atoms with Gasteiger partial charge in [-0.05, 0) is 18.9 Å². The molecule has 0 radical (unpaired) electrons. The molecule has 0 fully saturated rings. The van der Waals surface area contributed by atoms with Crippen molar-refractivity contribution in [2.24, 2.45) is 0 Å². The largest absolute Gasteiger partial charge is 0.466 e. The van der Waals surface area contributed by atoms with Crippen molar-refractivity contribution in [2.75, 3.05) is 6.61 Å². The van der Waals surface area contributed by atoms with Crippen LogP contribution in [0, 0.1) is 0 Å². The molecule has 1 aromatic carbocycles. The Balaban J connectivity index is 2.54. The predicted molar refractivity (Wildman–Crippen MR) is 74.4 cm³/mol. The van der Waals surface area contributed by atoms with Gasteiger partial charge in [0.2, 0.25) is 0 Å². The average Bonchev–Trinajstić information content (AvgIpc) is 2.26. The van der Waals surface area contributed by atoms with E-state index in [2.05, 4.69) is 43.9 Å². The summed E-state index contributed by atoms with van der Waals surface area (Å²) in [4.78, 5) is 11.2. The average molecular weight is 250 g/mol. The lowest BCUT2D eigenvalue weighted by molar-refractivity contribution is -0.143. The summed E-state index contributed by atoms with van der Waals surface area (Å²) in [7, 11) is -1.21. The van der Waals surface area contributed by atoms with Crippen LogP contribution in [0.15, 0.2) is 24.3 Å². The molecular weight excluding hydrogens is 228 g/mol. The summed E-state index contributed by atoms with van der Waals surface area (Å²) in [6.07, 6.45) is 1.24. The molecule has 0 aliphatic carbocycles. The summed E-state index contributed by atoms with van der Waals surface area (Å²) in [6, 6.07) is 8.67. The lowest BCUT2D eigenvalue weighted by Crippen LogP contribution is -2.37. The Morgan fingerprint density at radius 1 is 1.18 bits per heavy atom. The van der Waals surface area contributed by atoms with E-state index in [1.807, 2.05) is 6.92 Å². The maximum Gasteiger partial charge on any atom is 0.306 e. The second-order valence-corrected chi connectivity index (χ2v) is 10.3. The van der Waals surface area contributed by atoms with Crippen LogP contribution in [0.25, 0.3) is 0 Å². The van der Waals surface area contributed by atoms with E-state index in [1.165, 1.54) is 10.8 Å². The molecule has 0 aliphatic heterocycles. The topological polar surface area (TPSA) is 26.3 Å². The van der Waals surface area contributed by atoms with Gasteiger partial charge in [-0.1, -0.05) is 49.1 Å². The summed E-state index contributed by atoms with van der Waals surface area (Å²) >= 11 is 0. The van der Waals surface area contributed by atoms with E-state index in [4.69, 9.17) is 4.74 Å². The van der Waals surface area contributed by atoms with Gasteiger partial charge in [0.05, 0.1) is 14.7 Å². The molecule has 0 aromatic heterocycles. The van der Waals surface area contributed by atoms with E-state index < -0.39 is 8.07 Å². The molecule has 0 amide bonds. The van der Waals surface area contributed by atoms with Crippen LogP contribution >= 0.6 is 0 Å². The molecule has 0 bridgehead atoms. The number of carbonyl (C=O) groups is 1. The van der Waals surface area contributed by atoms with Gasteiger partial charge < -0.3 is 4.74 Å². The van der Waals surface area contributed by atoms with Gasteiger partial charge in [-0.25, -0.2) is 0 Å². The molecule has 0 atom stereocenters. The molecular formula is C14H22O2Si. The van der Waals surface area contributed by atoms with Gasteiger partial charge in [0.15, 0.2) is 0 Å². The Morgan fingerprint density at radius 2 is 1.76 bits per heavy atom. The molecule has 3 heteroatoms. The van der Waals surface area contributed by atoms with Gasteiger partial charge in [-0.3, -0.25) is 4.79 Å². The number of hydrogen-bond donors (Lipinski definition) is 0. The SMILES string of the molecule is CCOC(=O)CCc1ccc([Si](C)(C)C)cc1. The highest BCUT2D eigenvalue weighted by molar-refractivity contribution is 6.88. The van der Waals surface area contributed by atoms with Gasteiger partial charge in [-0.2, -0.15) is 0 Å². The van der Waals surface area contributed by atoms with Crippen molar-refractivity contribution in [3.63, 3.8) is 0 Å². The lowest BCUT2D eigenvalue weighted by atomic mass is 10.1. The van der Waals surface area contributed by atoms with Crippen molar-refractivity contribution in [1.29, 1.82) is 0 Å². The second-order valence-electron chi connectivity index (χ2n) is 5.25. The quantitative estimate of drug-likeness (QED) is 0.593. The van der Waals surface area contributed by atoms with Crippen molar-refractivity contribution in [3.05, 3.63) is 29.8 Å². The highest BCUT2D eigenvalue weighted by Crippen LogP contribution is 2.07. The number of aryl methyl sites for hydroxylation is 1. The van der Waals surface area contributed by atoms with Crippen molar-refractivity contribution in [3.8, 4) is 0 Å². The number of ether oxygens (including phenoxy) is 1. The fraction of sp³-hybridized carbons (Fsp3) is 0.500. The Labute approximate surface area is 105 Å². The predicted octanol–water partition coefficient (Wildman–Crippen LogP) is 2.73. The second kappa shape index (κ2) is 6.01. The van der Waals surface area contributed by atoms with Crippen LogP contribution in [0.3, 0.4) is 0 Å². The first-order valence-electron chi connectivity index (χ1n) is 6.18. The minimum Gasteiger partial charge on any atom is -0.466 e. The molecule has 2 nitrogen and oxygen atoms in total. The van der Waals surface area contributed by atoms with Crippen LogP contribution < -0.4 is 5.19 Å². The monoisotopic (exact) mass is 250 g/mol. The van der Waals surface area contributed by atoms with E-state index in [9.17, 15) is 4.79 Å². The number of benzene rings is 1. The third kappa shape index (κ3) is 4.73. The van der Waals surface area contributed by atoms with Gasteiger partial charge in [0.25, 0.3) is 0 Å². The van der Waals surface area contributed by atoms with Crippen LogP contribution in [-0.2, 0) is 16.0 Å². The minimum absolute atomic E-state index is 0.109. The van der Waals surface area contributed by atoms with Crippen molar-refractivity contribution < 1.29 is 9.53 Å². The molecule has 0 aliphatic rings. The van der Waals surface area contributed by atoms with Gasteiger partial charge in [0, 0.05) is 6.42 Å². The first kappa shape index (κ1) is 14.0. The Kier molecular flexibility index (Phi) is 4.94. The zero-order valence-corrected chi connectivity index (χ0v) is 12.2. The molecule has 0 saturated heterocycles. The molecule has 0 unspecified atom stereocenters. The van der Waals surface area contributed by atoms with Gasteiger partial charge in [0.1, 0.15) is 0 Å². The zero-order chi connectivity index (χ0) is 12.9. The van der Waals surface area contributed by atoms with Gasteiger partial charge in [-0.15, -0.1) is 0 Å². The molecule has 0 saturated carbocycles.